The van der Waals surface area contributed by atoms with E-state index in [4.69, 9.17) is 16.3 Å². The Kier molecular flexibility index (Phi) is 4.03. The number of anilines is 3. The van der Waals surface area contributed by atoms with Gasteiger partial charge in [0.15, 0.2) is 0 Å². The molecule has 0 aliphatic rings. The molecule has 2 aromatic rings. The lowest BCUT2D eigenvalue weighted by Gasteiger charge is -2.09. The molecule has 4 N–H and O–H groups in total. The molecule has 6 heteroatoms. The predicted octanol–water partition coefficient (Wildman–Crippen LogP) is 2.66. The Hall–Kier alpha value is -3.51. The molecule has 0 aliphatic heterocycles. The Morgan fingerprint density at radius 2 is 1.57 bits per heavy atom. The van der Waals surface area contributed by atoms with Gasteiger partial charge in [-0.15, -0.1) is 0 Å². The number of benzene rings is 2. The summed E-state index contributed by atoms with van der Waals surface area (Å²) in [6.45, 7) is 0. The fourth-order valence-corrected chi connectivity index (χ4v) is 1.66. The third-order valence-electron chi connectivity index (χ3n) is 2.70. The summed E-state index contributed by atoms with van der Waals surface area (Å²) in [6, 6.07) is 14.6. The van der Waals surface area contributed by atoms with Gasteiger partial charge < -0.3 is 16.4 Å². The van der Waals surface area contributed by atoms with E-state index in [0.717, 1.165) is 0 Å². The molecule has 102 valence electrons. The van der Waals surface area contributed by atoms with Crippen LogP contribution in [0, 0.1) is 22.7 Å². The smallest absolute Gasteiger partial charge is 0.323 e. The maximum absolute atomic E-state index is 11.8. The average molecular weight is 277 g/mol. The zero-order chi connectivity index (χ0) is 15.2. The van der Waals surface area contributed by atoms with Crippen LogP contribution in [0.4, 0.5) is 21.9 Å². The van der Waals surface area contributed by atoms with Crippen LogP contribution >= 0.6 is 0 Å². The summed E-state index contributed by atoms with van der Waals surface area (Å²) in [6.07, 6.45) is 0. The lowest BCUT2D eigenvalue weighted by Crippen LogP contribution is -2.20. The summed E-state index contributed by atoms with van der Waals surface area (Å²) in [5, 5.41) is 22.6. The molecule has 0 saturated carbocycles. The van der Waals surface area contributed by atoms with Crippen LogP contribution < -0.4 is 16.4 Å². The van der Waals surface area contributed by atoms with Crippen molar-refractivity contribution in [2.24, 2.45) is 0 Å². The zero-order valence-corrected chi connectivity index (χ0v) is 10.9. The van der Waals surface area contributed by atoms with Crippen LogP contribution in [0.2, 0.25) is 0 Å². The summed E-state index contributed by atoms with van der Waals surface area (Å²) < 4.78 is 0. The fourth-order valence-electron chi connectivity index (χ4n) is 1.66. The summed E-state index contributed by atoms with van der Waals surface area (Å²) >= 11 is 0. The monoisotopic (exact) mass is 277 g/mol. The lowest BCUT2D eigenvalue weighted by molar-refractivity contribution is 0.262. The summed E-state index contributed by atoms with van der Waals surface area (Å²) in [7, 11) is 0. The molecule has 0 aromatic heterocycles. The summed E-state index contributed by atoms with van der Waals surface area (Å²) in [4.78, 5) is 11.8. The van der Waals surface area contributed by atoms with Gasteiger partial charge in [0.05, 0.1) is 34.6 Å². The van der Waals surface area contributed by atoms with E-state index < -0.39 is 6.03 Å². The highest BCUT2D eigenvalue weighted by molar-refractivity contribution is 6.01. The second-order valence-electron chi connectivity index (χ2n) is 4.18. The minimum atomic E-state index is -0.462. The highest BCUT2D eigenvalue weighted by Crippen LogP contribution is 2.20. The third kappa shape index (κ3) is 3.49. The van der Waals surface area contributed by atoms with Gasteiger partial charge in [-0.3, -0.25) is 0 Å². The number of amides is 2. The lowest BCUT2D eigenvalue weighted by atomic mass is 10.2. The van der Waals surface area contributed by atoms with Gasteiger partial charge in [0.25, 0.3) is 0 Å². The van der Waals surface area contributed by atoms with Crippen LogP contribution in [0.3, 0.4) is 0 Å². The first-order chi connectivity index (χ1) is 10.1. The quantitative estimate of drug-likeness (QED) is 0.732. The van der Waals surface area contributed by atoms with Gasteiger partial charge in [-0.25, -0.2) is 4.79 Å². The molecule has 0 saturated heterocycles. The minimum absolute atomic E-state index is 0.309. The van der Waals surface area contributed by atoms with Crippen LogP contribution in [-0.2, 0) is 0 Å². The van der Waals surface area contributed by atoms with E-state index >= 15 is 0 Å². The second-order valence-corrected chi connectivity index (χ2v) is 4.18. The molecular weight excluding hydrogens is 266 g/mol. The molecule has 2 aromatic carbocycles. The normalized spacial score (nSPS) is 9.24. The average Bonchev–Trinajstić information content (AvgIpc) is 2.50. The molecule has 6 nitrogen and oxygen atoms in total. The van der Waals surface area contributed by atoms with Crippen molar-refractivity contribution in [1.82, 2.24) is 0 Å². The van der Waals surface area contributed by atoms with Gasteiger partial charge in [-0.05, 0) is 42.5 Å². The SMILES string of the molecule is N#Cc1ccc(NC(=O)Nc2ccc(C#N)cc2N)cc1. The molecule has 0 atom stereocenters. The molecule has 0 fully saturated rings. The Morgan fingerprint density at radius 3 is 2.14 bits per heavy atom. The highest BCUT2D eigenvalue weighted by atomic mass is 16.2. The number of hydrogen-bond acceptors (Lipinski definition) is 4. The van der Waals surface area contributed by atoms with E-state index in [9.17, 15) is 4.79 Å². The van der Waals surface area contributed by atoms with Crippen molar-refractivity contribution >= 4 is 23.1 Å². The van der Waals surface area contributed by atoms with Gasteiger partial charge in [0, 0.05) is 5.69 Å². The van der Waals surface area contributed by atoms with Gasteiger partial charge >= 0.3 is 6.03 Å². The molecule has 0 aliphatic carbocycles. The van der Waals surface area contributed by atoms with E-state index in [0.29, 0.717) is 28.2 Å². The number of nitrogen functional groups attached to an aromatic ring is 1. The minimum Gasteiger partial charge on any atom is -0.397 e. The third-order valence-corrected chi connectivity index (χ3v) is 2.70. The largest absolute Gasteiger partial charge is 0.397 e. The molecule has 0 unspecified atom stereocenters. The van der Waals surface area contributed by atoms with E-state index in [1.165, 1.54) is 6.07 Å². The van der Waals surface area contributed by atoms with Crippen molar-refractivity contribution in [3.8, 4) is 12.1 Å². The second kappa shape index (κ2) is 6.09. The van der Waals surface area contributed by atoms with Gasteiger partial charge in [-0.2, -0.15) is 10.5 Å². The van der Waals surface area contributed by atoms with Crippen molar-refractivity contribution in [2.45, 2.75) is 0 Å². The standard InChI is InChI=1S/C15H11N5O/c16-8-10-1-4-12(5-2-10)19-15(21)20-14-6-3-11(9-17)7-13(14)18/h1-7H,18H2,(H2,19,20,21). The number of nitrogens with one attached hydrogen (secondary N) is 2. The van der Waals surface area contributed by atoms with Crippen LogP contribution in [0.5, 0.6) is 0 Å². The number of urea groups is 1. The first-order valence-corrected chi connectivity index (χ1v) is 6.00. The van der Waals surface area contributed by atoms with Crippen LogP contribution in [0.1, 0.15) is 11.1 Å². The Labute approximate surface area is 121 Å². The van der Waals surface area contributed by atoms with Crippen molar-refractivity contribution in [3.63, 3.8) is 0 Å². The number of nitriles is 2. The maximum atomic E-state index is 11.8. The van der Waals surface area contributed by atoms with Crippen molar-refractivity contribution in [3.05, 3.63) is 53.6 Å². The van der Waals surface area contributed by atoms with Crippen molar-refractivity contribution in [2.75, 3.05) is 16.4 Å². The molecule has 2 rings (SSSR count). The van der Waals surface area contributed by atoms with E-state index in [2.05, 4.69) is 10.6 Å². The molecular formula is C15H11N5O. The molecule has 0 heterocycles. The number of carbonyl (C=O) groups excluding carboxylic acids is 1. The molecule has 0 bridgehead atoms. The van der Waals surface area contributed by atoms with E-state index in [1.54, 1.807) is 36.4 Å². The van der Waals surface area contributed by atoms with E-state index in [-0.39, 0.29) is 0 Å². The molecule has 0 spiro atoms. The number of nitrogens with zero attached hydrogens (tertiary/aromatic N) is 2. The topological polar surface area (TPSA) is 115 Å². The Bertz CT molecular complexity index is 753. The number of nitrogens with two attached hydrogens (primary N) is 1. The molecule has 2 amide bonds. The highest BCUT2D eigenvalue weighted by Gasteiger charge is 2.06. The molecule has 0 radical (unpaired) electrons. The van der Waals surface area contributed by atoms with Gasteiger partial charge in [0.2, 0.25) is 0 Å². The van der Waals surface area contributed by atoms with Crippen molar-refractivity contribution < 1.29 is 4.79 Å². The summed E-state index contributed by atoms with van der Waals surface area (Å²) in [5.41, 5.74) is 7.96. The van der Waals surface area contributed by atoms with E-state index in [1.807, 2.05) is 12.1 Å². The zero-order valence-electron chi connectivity index (χ0n) is 10.9. The fraction of sp³-hybridized carbons (Fsp3) is 0. The Balaban J connectivity index is 2.05. The van der Waals surface area contributed by atoms with Crippen LogP contribution in [-0.4, -0.2) is 6.03 Å². The first-order valence-electron chi connectivity index (χ1n) is 6.00. The van der Waals surface area contributed by atoms with Crippen LogP contribution in [0.15, 0.2) is 42.5 Å². The maximum Gasteiger partial charge on any atom is 0.323 e. The van der Waals surface area contributed by atoms with Crippen LogP contribution in [0.25, 0.3) is 0 Å². The first kappa shape index (κ1) is 13.9. The van der Waals surface area contributed by atoms with Gasteiger partial charge in [0.1, 0.15) is 0 Å². The number of rotatable bonds is 2. The van der Waals surface area contributed by atoms with Gasteiger partial charge in [-0.1, -0.05) is 0 Å². The number of hydrogen-bond donors (Lipinski definition) is 3. The molecule has 21 heavy (non-hydrogen) atoms. The van der Waals surface area contributed by atoms with Crippen molar-refractivity contribution in [1.29, 1.82) is 10.5 Å². The number of carbonyl (C=O) groups is 1. The predicted molar refractivity (Wildman–Crippen MR) is 79.4 cm³/mol. The Morgan fingerprint density at radius 1 is 0.952 bits per heavy atom. The summed E-state index contributed by atoms with van der Waals surface area (Å²) in [5.74, 6) is 0.